The highest BCUT2D eigenvalue weighted by Gasteiger charge is 2.34. The molecule has 40 heavy (non-hydrogen) atoms. The van der Waals surface area contributed by atoms with E-state index < -0.39 is 40.0 Å². The lowest BCUT2D eigenvalue weighted by Crippen LogP contribution is -2.54. The van der Waals surface area contributed by atoms with Crippen LogP contribution in [-0.2, 0) is 26.2 Å². The molecule has 7 nitrogen and oxygen atoms in total. The number of carbonyl (C=O) groups excluding carboxylic acids is 2. The molecular weight excluding hydrogens is 593 g/mol. The highest BCUT2D eigenvalue weighted by atomic mass is 35.5. The van der Waals surface area contributed by atoms with Crippen LogP contribution in [-0.4, -0.2) is 43.3 Å². The average molecular weight is 625 g/mol. The zero-order valence-corrected chi connectivity index (χ0v) is 26.0. The highest BCUT2D eigenvalue weighted by molar-refractivity contribution is 7.92. The minimum absolute atomic E-state index is 0.000349. The van der Waals surface area contributed by atoms with Crippen molar-refractivity contribution < 1.29 is 18.0 Å². The van der Waals surface area contributed by atoms with Crippen LogP contribution in [0.3, 0.4) is 0 Å². The maximum Gasteiger partial charge on any atom is 0.264 e. The summed E-state index contributed by atoms with van der Waals surface area (Å²) in [5.74, 6) is -1.01. The largest absolute Gasteiger partial charge is 0.350 e. The van der Waals surface area contributed by atoms with Crippen LogP contribution < -0.4 is 9.62 Å². The van der Waals surface area contributed by atoms with Crippen molar-refractivity contribution >= 4 is 62.3 Å². The molecule has 0 fully saturated rings. The third kappa shape index (κ3) is 7.91. The number of hydrogen-bond donors (Lipinski definition) is 1. The van der Waals surface area contributed by atoms with Crippen molar-refractivity contribution in [3.8, 4) is 0 Å². The van der Waals surface area contributed by atoms with Gasteiger partial charge in [0.05, 0.1) is 25.7 Å². The van der Waals surface area contributed by atoms with E-state index in [0.29, 0.717) is 10.6 Å². The zero-order valence-electron chi connectivity index (χ0n) is 22.9. The zero-order chi connectivity index (χ0) is 29.8. The second-order valence-corrected chi connectivity index (χ2v) is 13.5. The van der Waals surface area contributed by atoms with Gasteiger partial charge in [-0.05, 0) is 76.6 Å². The van der Waals surface area contributed by atoms with Gasteiger partial charge in [-0.25, -0.2) is 8.42 Å². The predicted octanol–water partition coefficient (Wildman–Crippen LogP) is 6.48. The van der Waals surface area contributed by atoms with Gasteiger partial charge >= 0.3 is 0 Å². The first kappa shape index (κ1) is 31.7. The lowest BCUT2D eigenvalue weighted by atomic mass is 10.1. The number of rotatable bonds is 9. The van der Waals surface area contributed by atoms with E-state index in [2.05, 4.69) is 5.32 Å². The SMILES string of the molecule is Cc1ccc(S(=O)(=O)N(CC(=O)N(Cc2ccc(Cl)c(Cl)c2)[C@H](C)C(=O)NC(C)(C)C)c2ccccc2Cl)cc1. The van der Waals surface area contributed by atoms with Crippen LogP contribution in [0, 0.1) is 6.92 Å². The average Bonchev–Trinajstić information content (AvgIpc) is 2.87. The Morgan fingerprint density at radius 3 is 2.10 bits per heavy atom. The van der Waals surface area contributed by atoms with E-state index in [1.165, 1.54) is 23.1 Å². The van der Waals surface area contributed by atoms with Crippen LogP contribution in [0.4, 0.5) is 5.69 Å². The molecule has 0 aliphatic carbocycles. The van der Waals surface area contributed by atoms with Gasteiger partial charge in [-0.2, -0.15) is 0 Å². The Bertz CT molecular complexity index is 1490. The third-order valence-corrected chi connectivity index (χ3v) is 8.84. The van der Waals surface area contributed by atoms with Gasteiger partial charge in [0, 0.05) is 12.1 Å². The van der Waals surface area contributed by atoms with Gasteiger partial charge in [0.25, 0.3) is 10.0 Å². The molecule has 0 aliphatic rings. The van der Waals surface area contributed by atoms with E-state index >= 15 is 0 Å². The Balaban J connectivity index is 2.06. The first-order valence-corrected chi connectivity index (χ1v) is 15.1. The lowest BCUT2D eigenvalue weighted by molar-refractivity contribution is -0.140. The van der Waals surface area contributed by atoms with Gasteiger partial charge in [0.1, 0.15) is 12.6 Å². The molecule has 3 aromatic rings. The minimum Gasteiger partial charge on any atom is -0.350 e. The van der Waals surface area contributed by atoms with Gasteiger partial charge in [-0.15, -0.1) is 0 Å². The maximum atomic E-state index is 14.0. The van der Waals surface area contributed by atoms with Crippen molar-refractivity contribution in [2.45, 2.75) is 57.6 Å². The van der Waals surface area contributed by atoms with E-state index in [0.717, 1.165) is 9.87 Å². The number of amides is 2. The number of nitrogens with one attached hydrogen (secondary N) is 1. The normalized spacial score (nSPS) is 12.5. The standard InChI is InChI=1S/C29H32Cl3N3O4S/c1-19-10-13-22(14-11-19)40(38,39)35(26-9-7-6-8-24(26)31)18-27(36)34(20(2)28(37)33-29(3,4)5)17-21-12-15-23(30)25(32)16-21/h6-16,20H,17-18H2,1-5H3,(H,33,37)/t20-/m1/s1. The smallest absolute Gasteiger partial charge is 0.264 e. The van der Waals surface area contributed by atoms with Gasteiger partial charge in [-0.1, -0.05) is 70.7 Å². The topological polar surface area (TPSA) is 86.8 Å². The van der Waals surface area contributed by atoms with E-state index in [1.807, 2.05) is 27.7 Å². The molecule has 0 saturated carbocycles. The summed E-state index contributed by atoms with van der Waals surface area (Å²) in [5, 5.41) is 3.67. The summed E-state index contributed by atoms with van der Waals surface area (Å²) in [5.41, 5.74) is 1.08. The van der Waals surface area contributed by atoms with Crippen LogP contribution in [0.2, 0.25) is 15.1 Å². The number of benzene rings is 3. The lowest BCUT2D eigenvalue weighted by Gasteiger charge is -2.33. The summed E-state index contributed by atoms with van der Waals surface area (Å²) < 4.78 is 28.7. The van der Waals surface area contributed by atoms with Gasteiger partial charge in [-0.3, -0.25) is 13.9 Å². The number of anilines is 1. The third-order valence-electron chi connectivity index (χ3n) is 6.01. The molecule has 0 aromatic heterocycles. The van der Waals surface area contributed by atoms with Crippen molar-refractivity contribution in [1.29, 1.82) is 0 Å². The first-order chi connectivity index (χ1) is 18.6. The molecule has 1 atom stereocenters. The quantitative estimate of drug-likeness (QED) is 0.295. The molecule has 0 saturated heterocycles. The molecule has 0 bridgehead atoms. The molecule has 0 aliphatic heterocycles. The van der Waals surface area contributed by atoms with Crippen molar-refractivity contribution in [3.05, 3.63) is 92.9 Å². The fourth-order valence-electron chi connectivity index (χ4n) is 3.90. The van der Waals surface area contributed by atoms with E-state index in [-0.39, 0.29) is 27.2 Å². The van der Waals surface area contributed by atoms with Gasteiger partial charge in [0.15, 0.2) is 0 Å². The number of para-hydroxylation sites is 1. The molecule has 1 N–H and O–H groups in total. The van der Waals surface area contributed by atoms with Crippen LogP contribution in [0.5, 0.6) is 0 Å². The molecule has 0 spiro atoms. The fourth-order valence-corrected chi connectivity index (χ4v) is 5.94. The molecule has 0 radical (unpaired) electrons. The minimum atomic E-state index is -4.22. The maximum absolute atomic E-state index is 14.0. The Labute approximate surface area is 251 Å². The Morgan fingerprint density at radius 1 is 0.900 bits per heavy atom. The Hall–Kier alpha value is -2.78. The summed E-state index contributed by atoms with van der Waals surface area (Å²) >= 11 is 18.7. The molecule has 0 heterocycles. The molecule has 0 unspecified atom stereocenters. The van der Waals surface area contributed by atoms with E-state index in [9.17, 15) is 18.0 Å². The molecule has 2 amide bonds. The number of sulfonamides is 1. The molecule has 214 valence electrons. The van der Waals surface area contributed by atoms with Crippen LogP contribution in [0.25, 0.3) is 0 Å². The second-order valence-electron chi connectivity index (χ2n) is 10.5. The number of aryl methyl sites for hydroxylation is 1. The summed E-state index contributed by atoms with van der Waals surface area (Å²) in [6.07, 6.45) is 0. The molecular formula is C29H32Cl3N3O4S. The number of hydrogen-bond acceptors (Lipinski definition) is 4. The van der Waals surface area contributed by atoms with Crippen LogP contribution in [0.1, 0.15) is 38.8 Å². The van der Waals surface area contributed by atoms with Gasteiger partial charge < -0.3 is 10.2 Å². The van der Waals surface area contributed by atoms with Crippen molar-refractivity contribution in [2.75, 3.05) is 10.8 Å². The van der Waals surface area contributed by atoms with Crippen molar-refractivity contribution in [1.82, 2.24) is 10.2 Å². The number of halogens is 3. The summed E-state index contributed by atoms with van der Waals surface area (Å²) in [6, 6.07) is 16.6. The number of carbonyl (C=O) groups is 2. The molecule has 3 aromatic carbocycles. The predicted molar refractivity (Wildman–Crippen MR) is 162 cm³/mol. The first-order valence-electron chi connectivity index (χ1n) is 12.5. The van der Waals surface area contributed by atoms with E-state index in [1.54, 1.807) is 55.5 Å². The van der Waals surface area contributed by atoms with Crippen molar-refractivity contribution in [3.63, 3.8) is 0 Å². The van der Waals surface area contributed by atoms with Crippen molar-refractivity contribution in [2.24, 2.45) is 0 Å². The highest BCUT2D eigenvalue weighted by Crippen LogP contribution is 2.31. The summed E-state index contributed by atoms with van der Waals surface area (Å²) in [4.78, 5) is 28.5. The van der Waals surface area contributed by atoms with Crippen LogP contribution >= 0.6 is 34.8 Å². The molecule has 3 rings (SSSR count). The fraction of sp³-hybridized carbons (Fsp3) is 0.310. The Kier molecular flexibility index (Phi) is 10.2. The molecule has 11 heteroatoms. The van der Waals surface area contributed by atoms with Gasteiger partial charge in [0.2, 0.25) is 11.8 Å². The monoisotopic (exact) mass is 623 g/mol. The van der Waals surface area contributed by atoms with Crippen LogP contribution in [0.15, 0.2) is 71.6 Å². The summed E-state index contributed by atoms with van der Waals surface area (Å²) in [6.45, 7) is 8.30. The Morgan fingerprint density at radius 2 is 1.52 bits per heavy atom. The number of nitrogens with zero attached hydrogens (tertiary/aromatic N) is 2. The second kappa shape index (κ2) is 12.8. The van der Waals surface area contributed by atoms with E-state index in [4.69, 9.17) is 34.8 Å². The summed E-state index contributed by atoms with van der Waals surface area (Å²) in [7, 11) is -4.22.